The lowest BCUT2D eigenvalue weighted by molar-refractivity contribution is -0.147. The molecule has 3 aromatic rings. The molecule has 0 atom stereocenters. The van der Waals surface area contributed by atoms with Gasteiger partial charge in [0.05, 0.1) is 17.2 Å². The van der Waals surface area contributed by atoms with Crippen molar-refractivity contribution in [2.75, 3.05) is 17.2 Å². The molecule has 0 spiro atoms. The molecule has 0 aliphatic heterocycles. The van der Waals surface area contributed by atoms with Gasteiger partial charge in [-0.25, -0.2) is 4.98 Å². The van der Waals surface area contributed by atoms with Crippen LogP contribution in [0.5, 0.6) is 0 Å². The number of nitrogens with zero attached hydrogens (tertiary/aromatic N) is 2. The van der Waals surface area contributed by atoms with Crippen molar-refractivity contribution in [1.82, 2.24) is 9.55 Å². The fourth-order valence-electron chi connectivity index (χ4n) is 2.59. The molecule has 1 heterocycles. The predicted molar refractivity (Wildman–Crippen MR) is 106 cm³/mol. The van der Waals surface area contributed by atoms with Crippen LogP contribution in [0.15, 0.2) is 59.7 Å². The maximum Gasteiger partial charge on any atom is 0.326 e. The molecule has 9 heteroatoms. The highest BCUT2D eigenvalue weighted by atomic mass is 16.5. The minimum atomic E-state index is -0.736. The van der Waals surface area contributed by atoms with Crippen LogP contribution in [0.3, 0.4) is 0 Å². The van der Waals surface area contributed by atoms with E-state index in [4.69, 9.17) is 4.74 Å². The molecule has 0 bridgehead atoms. The fraction of sp³-hybridized carbons (Fsp3) is 0.150. The zero-order chi connectivity index (χ0) is 20.8. The summed E-state index contributed by atoms with van der Waals surface area (Å²) in [5.41, 5.74) is 1.24. The van der Waals surface area contributed by atoms with Crippen molar-refractivity contribution >= 4 is 40.1 Å². The van der Waals surface area contributed by atoms with Crippen LogP contribution in [0, 0.1) is 0 Å². The number of carbonyl (C=O) groups is 3. The maximum atomic E-state index is 12.3. The lowest BCUT2D eigenvalue weighted by Crippen LogP contribution is -2.28. The molecule has 3 rings (SSSR count). The molecule has 1 aromatic heterocycles. The van der Waals surface area contributed by atoms with Crippen LogP contribution < -0.4 is 16.2 Å². The van der Waals surface area contributed by atoms with Gasteiger partial charge in [0.1, 0.15) is 6.54 Å². The Labute approximate surface area is 165 Å². The van der Waals surface area contributed by atoms with Crippen LogP contribution in [0.4, 0.5) is 11.4 Å². The second kappa shape index (κ2) is 8.79. The molecule has 0 radical (unpaired) electrons. The molecule has 0 saturated heterocycles. The van der Waals surface area contributed by atoms with Gasteiger partial charge in [0.15, 0.2) is 6.61 Å². The number of amides is 2. The fourth-order valence-corrected chi connectivity index (χ4v) is 2.59. The van der Waals surface area contributed by atoms with E-state index >= 15 is 0 Å². The Morgan fingerprint density at radius 3 is 2.34 bits per heavy atom. The van der Waals surface area contributed by atoms with E-state index in [0.29, 0.717) is 22.3 Å². The van der Waals surface area contributed by atoms with Crippen LogP contribution in [-0.2, 0) is 25.7 Å². The molecule has 29 heavy (non-hydrogen) atoms. The first-order valence-corrected chi connectivity index (χ1v) is 8.69. The monoisotopic (exact) mass is 394 g/mol. The van der Waals surface area contributed by atoms with Gasteiger partial charge in [-0.3, -0.25) is 23.7 Å². The van der Waals surface area contributed by atoms with E-state index in [1.54, 1.807) is 48.5 Å². The van der Waals surface area contributed by atoms with Gasteiger partial charge in [-0.05, 0) is 36.4 Å². The average molecular weight is 394 g/mol. The van der Waals surface area contributed by atoms with Crippen molar-refractivity contribution in [2.24, 2.45) is 0 Å². The van der Waals surface area contributed by atoms with Gasteiger partial charge in [0.2, 0.25) is 5.91 Å². The molecule has 2 amide bonds. The van der Waals surface area contributed by atoms with Gasteiger partial charge in [0.25, 0.3) is 11.5 Å². The summed E-state index contributed by atoms with van der Waals surface area (Å²) < 4.78 is 6.06. The third-order valence-corrected chi connectivity index (χ3v) is 3.88. The molecule has 0 fully saturated rings. The SMILES string of the molecule is CC(=O)Nc1ccc(NC(=O)COC(=O)Cn2cnc3ccccc3c2=O)cc1. The van der Waals surface area contributed by atoms with Crippen molar-refractivity contribution in [3.8, 4) is 0 Å². The molecule has 2 aromatic carbocycles. The zero-order valence-electron chi connectivity index (χ0n) is 15.5. The van der Waals surface area contributed by atoms with Crippen molar-refractivity contribution in [2.45, 2.75) is 13.5 Å². The summed E-state index contributed by atoms with van der Waals surface area (Å²) in [6, 6.07) is 13.3. The van der Waals surface area contributed by atoms with Gasteiger partial charge in [-0.15, -0.1) is 0 Å². The molecular weight excluding hydrogens is 376 g/mol. The standard InChI is InChI=1S/C20H18N4O5/c1-13(25)22-14-6-8-15(9-7-14)23-18(26)11-29-19(27)10-24-12-21-17-5-3-2-4-16(17)20(24)28/h2-9,12H,10-11H2,1H3,(H,22,25)(H,23,26). The minimum Gasteiger partial charge on any atom is -0.454 e. The summed E-state index contributed by atoms with van der Waals surface area (Å²) in [5, 5.41) is 5.57. The van der Waals surface area contributed by atoms with Crippen LogP contribution >= 0.6 is 0 Å². The number of ether oxygens (including phenoxy) is 1. The molecule has 9 nitrogen and oxygen atoms in total. The number of hydrogen-bond donors (Lipinski definition) is 2. The Bertz CT molecular complexity index is 1120. The third kappa shape index (κ3) is 5.25. The number of para-hydroxylation sites is 1. The number of hydrogen-bond acceptors (Lipinski definition) is 6. The number of fused-ring (bicyclic) bond motifs is 1. The third-order valence-electron chi connectivity index (χ3n) is 3.88. The highest BCUT2D eigenvalue weighted by Gasteiger charge is 2.11. The summed E-state index contributed by atoms with van der Waals surface area (Å²) in [4.78, 5) is 51.4. The van der Waals surface area contributed by atoms with Crippen molar-refractivity contribution in [1.29, 1.82) is 0 Å². The molecule has 0 aliphatic rings. The lowest BCUT2D eigenvalue weighted by atomic mass is 10.2. The highest BCUT2D eigenvalue weighted by Crippen LogP contribution is 2.13. The van der Waals surface area contributed by atoms with E-state index in [-0.39, 0.29) is 18.0 Å². The van der Waals surface area contributed by atoms with Gasteiger partial charge >= 0.3 is 5.97 Å². The first-order chi connectivity index (χ1) is 13.9. The summed E-state index contributed by atoms with van der Waals surface area (Å²) in [6.45, 7) is 0.545. The van der Waals surface area contributed by atoms with Crippen LogP contribution in [0.2, 0.25) is 0 Å². The van der Waals surface area contributed by atoms with Gasteiger partial charge in [-0.2, -0.15) is 0 Å². The Hall–Kier alpha value is -4.01. The molecule has 0 saturated carbocycles. The number of benzene rings is 2. The summed E-state index contributed by atoms with van der Waals surface area (Å²) in [5.74, 6) is -1.47. The average Bonchev–Trinajstić information content (AvgIpc) is 2.70. The molecule has 148 valence electrons. The first-order valence-electron chi connectivity index (χ1n) is 8.69. The van der Waals surface area contributed by atoms with Crippen molar-refractivity contribution in [3.05, 3.63) is 65.2 Å². The number of esters is 1. The Kier molecular flexibility index (Phi) is 5.98. The topological polar surface area (TPSA) is 119 Å². The number of aromatic nitrogens is 2. The second-order valence-corrected chi connectivity index (χ2v) is 6.16. The number of rotatable bonds is 6. The normalized spacial score (nSPS) is 10.4. The first kappa shape index (κ1) is 19.7. The largest absolute Gasteiger partial charge is 0.454 e. The van der Waals surface area contributed by atoms with E-state index < -0.39 is 18.5 Å². The Balaban J connectivity index is 1.53. The van der Waals surface area contributed by atoms with Crippen LogP contribution in [0.25, 0.3) is 10.9 Å². The summed E-state index contributed by atoms with van der Waals surface area (Å²) >= 11 is 0. The second-order valence-electron chi connectivity index (χ2n) is 6.16. The predicted octanol–water partition coefficient (Wildman–Crippen LogP) is 1.54. The van der Waals surface area contributed by atoms with Gasteiger partial charge < -0.3 is 15.4 Å². The Morgan fingerprint density at radius 1 is 1.00 bits per heavy atom. The van der Waals surface area contributed by atoms with Crippen LogP contribution in [0.1, 0.15) is 6.92 Å². The molecular formula is C20H18N4O5. The van der Waals surface area contributed by atoms with Gasteiger partial charge in [0, 0.05) is 18.3 Å². The lowest BCUT2D eigenvalue weighted by Gasteiger charge is -2.09. The quantitative estimate of drug-likeness (QED) is 0.612. The molecule has 0 unspecified atom stereocenters. The Morgan fingerprint density at radius 2 is 1.66 bits per heavy atom. The van der Waals surface area contributed by atoms with E-state index in [0.717, 1.165) is 4.57 Å². The van der Waals surface area contributed by atoms with Crippen molar-refractivity contribution < 1.29 is 19.1 Å². The van der Waals surface area contributed by atoms with E-state index in [1.165, 1.54) is 13.3 Å². The smallest absolute Gasteiger partial charge is 0.326 e. The van der Waals surface area contributed by atoms with Crippen LogP contribution in [-0.4, -0.2) is 33.9 Å². The summed E-state index contributed by atoms with van der Waals surface area (Å²) in [6.07, 6.45) is 1.27. The van der Waals surface area contributed by atoms with E-state index in [2.05, 4.69) is 15.6 Å². The maximum absolute atomic E-state index is 12.3. The summed E-state index contributed by atoms with van der Waals surface area (Å²) in [7, 11) is 0. The molecule has 2 N–H and O–H groups in total. The van der Waals surface area contributed by atoms with E-state index in [9.17, 15) is 19.2 Å². The minimum absolute atomic E-state index is 0.200. The number of nitrogens with one attached hydrogen (secondary N) is 2. The zero-order valence-corrected chi connectivity index (χ0v) is 15.5. The number of anilines is 2. The number of carbonyl (C=O) groups excluding carboxylic acids is 3. The van der Waals surface area contributed by atoms with E-state index in [1.807, 2.05) is 0 Å². The highest BCUT2D eigenvalue weighted by molar-refractivity contribution is 5.93. The molecule has 0 aliphatic carbocycles. The van der Waals surface area contributed by atoms with Gasteiger partial charge in [-0.1, -0.05) is 12.1 Å². The van der Waals surface area contributed by atoms with Crippen molar-refractivity contribution in [3.63, 3.8) is 0 Å².